The van der Waals surface area contributed by atoms with Crippen molar-refractivity contribution in [2.45, 2.75) is 6.92 Å². The topological polar surface area (TPSA) is 20.3 Å². The number of rotatable bonds is 1. The number of hydrogen-bond acceptors (Lipinski definition) is 2. The van der Waals surface area contributed by atoms with Gasteiger partial charge in [-0.15, -0.1) is 0 Å². The lowest BCUT2D eigenvalue weighted by Gasteiger charge is -2.26. The highest BCUT2D eigenvalue weighted by Crippen LogP contribution is 2.10. The van der Waals surface area contributed by atoms with Crippen LogP contribution in [0.1, 0.15) is 6.92 Å². The summed E-state index contributed by atoms with van der Waals surface area (Å²) in [7, 11) is 0. The second-order valence-corrected chi connectivity index (χ2v) is 3.91. The van der Waals surface area contributed by atoms with Gasteiger partial charge in [0, 0.05) is 30.2 Å². The van der Waals surface area contributed by atoms with Crippen LogP contribution in [0.2, 0.25) is 0 Å². The van der Waals surface area contributed by atoms with Gasteiger partial charge in [-0.1, -0.05) is 6.58 Å². The average Bonchev–Trinajstić information content (AvgIpc) is 2.05. The van der Waals surface area contributed by atoms with E-state index in [2.05, 4.69) is 6.58 Å². The summed E-state index contributed by atoms with van der Waals surface area (Å²) >= 11 is 1.90. The van der Waals surface area contributed by atoms with Crippen LogP contribution in [-0.4, -0.2) is 35.4 Å². The van der Waals surface area contributed by atoms with Crippen LogP contribution in [0.25, 0.3) is 0 Å². The molecule has 0 aliphatic carbocycles. The second kappa shape index (κ2) is 3.81. The molecule has 1 heterocycles. The molecule has 1 aliphatic heterocycles. The van der Waals surface area contributed by atoms with E-state index in [0.717, 1.165) is 24.6 Å². The van der Waals surface area contributed by atoms with E-state index in [0.29, 0.717) is 5.57 Å². The van der Waals surface area contributed by atoms with Crippen molar-refractivity contribution in [2.75, 3.05) is 24.6 Å². The van der Waals surface area contributed by atoms with E-state index in [1.807, 2.05) is 16.7 Å². The monoisotopic (exact) mass is 171 g/mol. The maximum absolute atomic E-state index is 11.3. The van der Waals surface area contributed by atoms with Crippen molar-refractivity contribution in [3.8, 4) is 0 Å². The molecule has 11 heavy (non-hydrogen) atoms. The summed E-state index contributed by atoms with van der Waals surface area (Å²) in [6.45, 7) is 7.17. The number of carbonyl (C=O) groups is 1. The molecule has 3 heteroatoms. The van der Waals surface area contributed by atoms with Crippen molar-refractivity contribution in [3.05, 3.63) is 12.2 Å². The SMILES string of the molecule is C=C(C)C(=O)N1CCSCC1. The van der Waals surface area contributed by atoms with Gasteiger partial charge in [0.2, 0.25) is 5.91 Å². The number of amides is 1. The van der Waals surface area contributed by atoms with Crippen LogP contribution < -0.4 is 0 Å². The standard InChI is InChI=1S/C8H13NOS/c1-7(2)8(10)9-3-5-11-6-4-9/h1,3-6H2,2H3. The van der Waals surface area contributed by atoms with E-state index in [9.17, 15) is 4.79 Å². The van der Waals surface area contributed by atoms with Crippen molar-refractivity contribution >= 4 is 17.7 Å². The van der Waals surface area contributed by atoms with Crippen LogP contribution in [0, 0.1) is 0 Å². The van der Waals surface area contributed by atoms with Gasteiger partial charge in [0.05, 0.1) is 0 Å². The number of hydrogen-bond donors (Lipinski definition) is 0. The Morgan fingerprint density at radius 1 is 1.45 bits per heavy atom. The summed E-state index contributed by atoms with van der Waals surface area (Å²) in [6, 6.07) is 0. The summed E-state index contributed by atoms with van der Waals surface area (Å²) in [5, 5.41) is 0. The second-order valence-electron chi connectivity index (χ2n) is 2.68. The number of nitrogens with zero attached hydrogens (tertiary/aromatic N) is 1. The van der Waals surface area contributed by atoms with Gasteiger partial charge in [-0.05, 0) is 6.92 Å². The van der Waals surface area contributed by atoms with Crippen LogP contribution >= 0.6 is 11.8 Å². The third kappa shape index (κ3) is 2.26. The molecule has 1 aliphatic rings. The van der Waals surface area contributed by atoms with Gasteiger partial charge < -0.3 is 4.90 Å². The Bertz CT molecular complexity index is 173. The Morgan fingerprint density at radius 3 is 2.45 bits per heavy atom. The molecule has 0 atom stereocenters. The zero-order valence-electron chi connectivity index (χ0n) is 6.80. The first-order valence-corrected chi connectivity index (χ1v) is 4.90. The van der Waals surface area contributed by atoms with Gasteiger partial charge in [-0.2, -0.15) is 11.8 Å². The number of thioether (sulfide) groups is 1. The molecule has 0 saturated carbocycles. The van der Waals surface area contributed by atoms with Crippen LogP contribution in [0.4, 0.5) is 0 Å². The predicted octanol–water partition coefficient (Wildman–Crippen LogP) is 1.14. The van der Waals surface area contributed by atoms with Crippen molar-refractivity contribution in [1.29, 1.82) is 0 Å². The first-order valence-electron chi connectivity index (χ1n) is 3.74. The molecule has 0 N–H and O–H groups in total. The summed E-state index contributed by atoms with van der Waals surface area (Å²) < 4.78 is 0. The van der Waals surface area contributed by atoms with E-state index in [1.165, 1.54) is 0 Å². The summed E-state index contributed by atoms with van der Waals surface area (Å²) in [5.74, 6) is 2.25. The van der Waals surface area contributed by atoms with Crippen molar-refractivity contribution in [2.24, 2.45) is 0 Å². The fourth-order valence-corrected chi connectivity index (χ4v) is 1.94. The van der Waals surface area contributed by atoms with Gasteiger partial charge in [0.15, 0.2) is 0 Å². The van der Waals surface area contributed by atoms with Crippen molar-refractivity contribution in [3.63, 3.8) is 0 Å². The number of carbonyl (C=O) groups excluding carboxylic acids is 1. The molecule has 1 saturated heterocycles. The molecular weight excluding hydrogens is 158 g/mol. The largest absolute Gasteiger partial charge is 0.337 e. The molecule has 0 aromatic rings. The Labute approximate surface area is 71.6 Å². The summed E-state index contributed by atoms with van der Waals surface area (Å²) in [6.07, 6.45) is 0. The Morgan fingerprint density at radius 2 is 2.00 bits per heavy atom. The van der Waals surface area contributed by atoms with E-state index >= 15 is 0 Å². The minimum Gasteiger partial charge on any atom is -0.337 e. The molecule has 0 aromatic carbocycles. The smallest absolute Gasteiger partial charge is 0.248 e. The highest BCUT2D eigenvalue weighted by Gasteiger charge is 2.16. The molecule has 1 fully saturated rings. The Balaban J connectivity index is 2.45. The molecule has 0 spiro atoms. The lowest BCUT2D eigenvalue weighted by Crippen LogP contribution is -2.38. The van der Waals surface area contributed by atoms with E-state index in [4.69, 9.17) is 0 Å². The molecule has 0 aromatic heterocycles. The quantitative estimate of drug-likeness (QED) is 0.551. The zero-order chi connectivity index (χ0) is 8.27. The first kappa shape index (κ1) is 8.65. The van der Waals surface area contributed by atoms with Gasteiger partial charge in [0.25, 0.3) is 0 Å². The molecule has 1 rings (SSSR count). The van der Waals surface area contributed by atoms with Crippen LogP contribution in [0.3, 0.4) is 0 Å². The molecule has 1 amide bonds. The van der Waals surface area contributed by atoms with Gasteiger partial charge >= 0.3 is 0 Å². The molecule has 0 unspecified atom stereocenters. The Kier molecular flexibility index (Phi) is 3.00. The fraction of sp³-hybridized carbons (Fsp3) is 0.625. The fourth-order valence-electron chi connectivity index (χ4n) is 1.04. The minimum absolute atomic E-state index is 0.116. The van der Waals surface area contributed by atoms with Crippen LogP contribution in [0.15, 0.2) is 12.2 Å². The molecule has 62 valence electrons. The lowest BCUT2D eigenvalue weighted by molar-refractivity contribution is -0.126. The maximum atomic E-state index is 11.3. The maximum Gasteiger partial charge on any atom is 0.248 e. The highest BCUT2D eigenvalue weighted by atomic mass is 32.2. The van der Waals surface area contributed by atoms with Gasteiger partial charge in [-0.25, -0.2) is 0 Å². The Hall–Kier alpha value is -0.440. The minimum atomic E-state index is 0.116. The van der Waals surface area contributed by atoms with Gasteiger partial charge in [-0.3, -0.25) is 4.79 Å². The van der Waals surface area contributed by atoms with Crippen molar-refractivity contribution < 1.29 is 4.79 Å². The van der Waals surface area contributed by atoms with E-state index < -0.39 is 0 Å². The highest BCUT2D eigenvalue weighted by molar-refractivity contribution is 7.99. The predicted molar refractivity (Wildman–Crippen MR) is 48.7 cm³/mol. The van der Waals surface area contributed by atoms with Crippen LogP contribution in [-0.2, 0) is 4.79 Å². The average molecular weight is 171 g/mol. The molecule has 2 nitrogen and oxygen atoms in total. The molecular formula is C8H13NOS. The van der Waals surface area contributed by atoms with Gasteiger partial charge in [0.1, 0.15) is 0 Å². The summed E-state index contributed by atoms with van der Waals surface area (Å²) in [5.41, 5.74) is 0.650. The van der Waals surface area contributed by atoms with Crippen molar-refractivity contribution in [1.82, 2.24) is 4.90 Å². The zero-order valence-corrected chi connectivity index (χ0v) is 7.62. The normalized spacial score (nSPS) is 18.1. The third-order valence-corrected chi connectivity index (χ3v) is 2.61. The third-order valence-electron chi connectivity index (χ3n) is 1.66. The van der Waals surface area contributed by atoms with Crippen LogP contribution in [0.5, 0.6) is 0 Å². The van der Waals surface area contributed by atoms with E-state index in [1.54, 1.807) is 6.92 Å². The van der Waals surface area contributed by atoms with E-state index in [-0.39, 0.29) is 5.91 Å². The lowest BCUT2D eigenvalue weighted by atomic mass is 10.3. The first-order chi connectivity index (χ1) is 5.22. The molecule has 0 bridgehead atoms. The molecule has 0 radical (unpaired) electrons. The summed E-state index contributed by atoms with van der Waals surface area (Å²) in [4.78, 5) is 13.2.